The number of hydrogen-bond acceptors (Lipinski definition) is 4. The van der Waals surface area contributed by atoms with Crippen molar-refractivity contribution in [3.05, 3.63) is 236 Å². The maximum absolute atomic E-state index is 14.5. The van der Waals surface area contributed by atoms with Gasteiger partial charge in [0.15, 0.2) is 0 Å². The Kier molecular flexibility index (Phi) is 9.47. The van der Waals surface area contributed by atoms with E-state index in [1.165, 1.54) is 24.3 Å². The predicted octanol–water partition coefficient (Wildman–Crippen LogP) is 15.3. The molecule has 0 aliphatic rings. The van der Waals surface area contributed by atoms with E-state index >= 15 is 0 Å². The lowest BCUT2D eigenvalue weighted by Gasteiger charge is -2.29. The van der Waals surface area contributed by atoms with Gasteiger partial charge in [-0.25, -0.2) is 8.78 Å². The van der Waals surface area contributed by atoms with Crippen LogP contribution in [-0.4, -0.2) is 15.0 Å². The third kappa shape index (κ3) is 7.21. The molecule has 0 atom stereocenters. The Balaban J connectivity index is 1.05. The van der Waals surface area contributed by atoms with Gasteiger partial charge in [0.2, 0.25) is 0 Å². The van der Waals surface area contributed by atoms with Crippen LogP contribution in [0, 0.1) is 11.6 Å². The number of aromatic nitrogens is 3. The third-order valence-corrected chi connectivity index (χ3v) is 11.5. The molecule has 1 aromatic heterocycles. The first kappa shape index (κ1) is 37.6. The van der Waals surface area contributed by atoms with Crippen molar-refractivity contribution >= 4 is 66.7 Å². The molecule has 0 N–H and O–H groups in total. The number of anilines is 6. The lowest BCUT2D eigenvalue weighted by Crippen LogP contribution is -2.12. The van der Waals surface area contributed by atoms with E-state index in [2.05, 4.69) is 138 Å². The van der Waals surface area contributed by atoms with Gasteiger partial charge in [-0.1, -0.05) is 121 Å². The van der Waals surface area contributed by atoms with Crippen molar-refractivity contribution in [2.75, 3.05) is 9.80 Å². The molecular formula is C56H37F2N5. The van der Waals surface area contributed by atoms with Crippen molar-refractivity contribution in [2.45, 2.75) is 0 Å². The SMILES string of the molecule is Fc1cccc(N(c2cccc(F)c2)c2ccc3nn(-c4ccc(N(c5cc(-c6ccccc6)cc6ccccc56)c5cc(-c6ccccc6)cc6ccccc56)cc4)nc3c2)c1. The Morgan fingerprint density at radius 2 is 0.810 bits per heavy atom. The van der Waals surface area contributed by atoms with Crippen molar-refractivity contribution in [3.63, 3.8) is 0 Å². The van der Waals surface area contributed by atoms with Gasteiger partial charge in [-0.05, 0) is 136 Å². The highest BCUT2D eigenvalue weighted by Crippen LogP contribution is 2.46. The van der Waals surface area contributed by atoms with Gasteiger partial charge in [0.1, 0.15) is 22.7 Å². The summed E-state index contributed by atoms with van der Waals surface area (Å²) in [5, 5.41) is 14.3. The standard InChI is InChI=1S/C56H37F2N5/c57-44-19-11-21-48(35-44)61(49-22-12-20-45(58)36-49)50-29-30-53-54(37-50)60-63(59-53)47-27-25-46(26-28-47)62(55-33-42(38-13-3-1-4-14-38)31-40-17-7-9-23-51(40)55)56-34-43(39-15-5-2-6-16-39)32-41-18-8-10-24-52(41)56/h1-37H. The second-order valence-corrected chi connectivity index (χ2v) is 15.5. The van der Waals surface area contributed by atoms with Crippen LogP contribution in [0.1, 0.15) is 0 Å². The van der Waals surface area contributed by atoms with Gasteiger partial charge in [-0.2, -0.15) is 4.80 Å². The van der Waals surface area contributed by atoms with Crippen molar-refractivity contribution in [1.82, 2.24) is 15.0 Å². The van der Waals surface area contributed by atoms with Crippen LogP contribution < -0.4 is 9.80 Å². The molecule has 10 aromatic carbocycles. The van der Waals surface area contributed by atoms with Crippen molar-refractivity contribution in [2.24, 2.45) is 0 Å². The molecule has 0 radical (unpaired) electrons. The number of nitrogens with zero attached hydrogens (tertiary/aromatic N) is 5. The smallest absolute Gasteiger partial charge is 0.125 e. The second-order valence-electron chi connectivity index (χ2n) is 15.5. The van der Waals surface area contributed by atoms with E-state index in [1.807, 2.05) is 42.5 Å². The molecule has 0 bridgehead atoms. The van der Waals surface area contributed by atoms with E-state index in [0.29, 0.717) is 28.1 Å². The zero-order valence-corrected chi connectivity index (χ0v) is 33.9. The first-order chi connectivity index (χ1) is 31.0. The van der Waals surface area contributed by atoms with E-state index in [9.17, 15) is 8.78 Å². The fourth-order valence-corrected chi connectivity index (χ4v) is 8.52. The Hall–Kier alpha value is -8.42. The number of fused-ring (bicyclic) bond motifs is 3. The number of hydrogen-bond donors (Lipinski definition) is 0. The molecule has 0 aliphatic heterocycles. The summed E-state index contributed by atoms with van der Waals surface area (Å²) in [4.78, 5) is 5.81. The monoisotopic (exact) mass is 817 g/mol. The highest BCUT2D eigenvalue weighted by molar-refractivity contribution is 6.07. The second kappa shape index (κ2) is 15.9. The van der Waals surface area contributed by atoms with Crippen LogP contribution in [0.25, 0.3) is 60.5 Å². The molecule has 5 nitrogen and oxygen atoms in total. The molecule has 1 heterocycles. The molecule has 0 saturated heterocycles. The topological polar surface area (TPSA) is 37.2 Å². The molecule has 0 aliphatic carbocycles. The highest BCUT2D eigenvalue weighted by Gasteiger charge is 2.22. The largest absolute Gasteiger partial charge is 0.310 e. The summed E-state index contributed by atoms with van der Waals surface area (Å²) in [5.41, 5.74) is 11.4. The Bertz CT molecular complexity index is 3270. The van der Waals surface area contributed by atoms with Gasteiger partial charge in [0.05, 0.1) is 17.1 Å². The summed E-state index contributed by atoms with van der Waals surface area (Å²) in [7, 11) is 0. The van der Waals surface area contributed by atoms with Crippen molar-refractivity contribution < 1.29 is 8.78 Å². The van der Waals surface area contributed by atoms with Gasteiger partial charge >= 0.3 is 0 Å². The Labute approximate surface area is 363 Å². The van der Waals surface area contributed by atoms with Crippen molar-refractivity contribution in [1.29, 1.82) is 0 Å². The van der Waals surface area contributed by atoms with E-state index < -0.39 is 11.6 Å². The van der Waals surface area contributed by atoms with Crippen molar-refractivity contribution in [3.8, 4) is 27.9 Å². The lowest BCUT2D eigenvalue weighted by atomic mass is 9.96. The van der Waals surface area contributed by atoms with Crippen LogP contribution >= 0.6 is 0 Å². The maximum atomic E-state index is 14.5. The van der Waals surface area contributed by atoms with Crippen LogP contribution in [-0.2, 0) is 0 Å². The number of rotatable bonds is 9. The predicted molar refractivity (Wildman–Crippen MR) is 254 cm³/mol. The molecule has 0 unspecified atom stereocenters. The fourth-order valence-electron chi connectivity index (χ4n) is 8.52. The number of halogens is 2. The molecule has 11 aromatic rings. The third-order valence-electron chi connectivity index (χ3n) is 11.5. The maximum Gasteiger partial charge on any atom is 0.125 e. The Morgan fingerprint density at radius 3 is 1.35 bits per heavy atom. The van der Waals surface area contributed by atoms with Gasteiger partial charge in [-0.3, -0.25) is 0 Å². The summed E-state index contributed by atoms with van der Waals surface area (Å²) in [5.74, 6) is -0.783. The van der Waals surface area contributed by atoms with Gasteiger partial charge in [0, 0.05) is 33.5 Å². The molecule has 0 fully saturated rings. The lowest BCUT2D eigenvalue weighted by molar-refractivity contribution is 0.627. The quantitative estimate of drug-likeness (QED) is 0.145. The molecule has 0 amide bonds. The summed E-state index contributed by atoms with van der Waals surface area (Å²) < 4.78 is 29.1. The summed E-state index contributed by atoms with van der Waals surface area (Å²) in [6, 6.07) is 73.8. The minimum absolute atomic E-state index is 0.392. The fraction of sp³-hybridized carbons (Fsp3) is 0. The van der Waals surface area contributed by atoms with Gasteiger partial charge < -0.3 is 9.80 Å². The molecule has 11 rings (SSSR count). The molecule has 0 spiro atoms. The first-order valence-corrected chi connectivity index (χ1v) is 20.8. The van der Waals surface area contributed by atoms with E-state index in [1.54, 1.807) is 34.0 Å². The van der Waals surface area contributed by atoms with Gasteiger partial charge in [-0.15, -0.1) is 10.2 Å². The van der Waals surface area contributed by atoms with Crippen LogP contribution in [0.3, 0.4) is 0 Å². The van der Waals surface area contributed by atoms with Crippen LogP contribution in [0.15, 0.2) is 224 Å². The van der Waals surface area contributed by atoms with Crippen LogP contribution in [0.4, 0.5) is 42.9 Å². The van der Waals surface area contributed by atoms with Crippen LogP contribution in [0.5, 0.6) is 0 Å². The van der Waals surface area contributed by atoms with E-state index in [0.717, 1.165) is 66.5 Å². The summed E-state index contributed by atoms with van der Waals surface area (Å²) >= 11 is 0. The summed E-state index contributed by atoms with van der Waals surface area (Å²) in [6.07, 6.45) is 0. The highest BCUT2D eigenvalue weighted by atomic mass is 19.1. The summed E-state index contributed by atoms with van der Waals surface area (Å²) in [6.45, 7) is 0. The van der Waals surface area contributed by atoms with Gasteiger partial charge in [0.25, 0.3) is 0 Å². The average molecular weight is 818 g/mol. The van der Waals surface area contributed by atoms with E-state index in [-0.39, 0.29) is 0 Å². The van der Waals surface area contributed by atoms with Crippen LogP contribution in [0.2, 0.25) is 0 Å². The molecular weight excluding hydrogens is 781 g/mol. The number of benzene rings is 10. The zero-order valence-electron chi connectivity index (χ0n) is 33.9. The normalized spacial score (nSPS) is 11.3. The first-order valence-electron chi connectivity index (χ1n) is 20.8. The molecule has 63 heavy (non-hydrogen) atoms. The van der Waals surface area contributed by atoms with E-state index in [4.69, 9.17) is 10.2 Å². The zero-order chi connectivity index (χ0) is 42.3. The Morgan fingerprint density at radius 1 is 0.333 bits per heavy atom. The molecule has 7 heteroatoms. The minimum atomic E-state index is -0.392. The molecule has 300 valence electrons. The average Bonchev–Trinajstić information content (AvgIpc) is 3.76. The minimum Gasteiger partial charge on any atom is -0.310 e. The molecule has 0 saturated carbocycles.